The molecule has 0 atom stereocenters. The predicted octanol–water partition coefficient (Wildman–Crippen LogP) is 2.84. The molecule has 0 unspecified atom stereocenters. The average Bonchev–Trinajstić information content (AvgIpc) is 2.54. The zero-order valence-corrected chi connectivity index (χ0v) is 12.6. The number of carboxylic acids is 1. The van der Waals surface area contributed by atoms with Crippen LogP contribution < -0.4 is 5.32 Å². The lowest BCUT2D eigenvalue weighted by Crippen LogP contribution is -2.24. The van der Waals surface area contributed by atoms with Crippen LogP contribution in [0.3, 0.4) is 0 Å². The van der Waals surface area contributed by atoms with E-state index in [9.17, 15) is 9.59 Å². The van der Waals surface area contributed by atoms with Crippen LogP contribution in [0.1, 0.15) is 44.2 Å². The maximum Gasteiger partial charge on any atom is 0.303 e. The fraction of sp³-hybridized carbons (Fsp3) is 0.615. The summed E-state index contributed by atoms with van der Waals surface area (Å²) in [5.74, 6) is -1.08. The molecule has 0 bridgehead atoms. The van der Waals surface area contributed by atoms with Gasteiger partial charge in [-0.1, -0.05) is 20.8 Å². The van der Waals surface area contributed by atoms with Crippen molar-refractivity contribution >= 4 is 28.3 Å². The highest BCUT2D eigenvalue weighted by Gasteiger charge is 2.25. The first kappa shape index (κ1) is 15.6. The van der Waals surface area contributed by atoms with Gasteiger partial charge in [0.05, 0.1) is 12.1 Å². The summed E-state index contributed by atoms with van der Waals surface area (Å²) < 4.78 is 0. The fourth-order valence-corrected chi connectivity index (χ4v) is 2.80. The molecule has 6 heteroatoms. The van der Waals surface area contributed by atoms with Crippen molar-refractivity contribution in [2.45, 2.75) is 47.0 Å². The predicted molar refractivity (Wildman–Crippen MR) is 75.5 cm³/mol. The molecule has 2 N–H and O–H groups in total. The van der Waals surface area contributed by atoms with Crippen molar-refractivity contribution in [3.63, 3.8) is 0 Å². The van der Waals surface area contributed by atoms with Gasteiger partial charge in [0.1, 0.15) is 0 Å². The van der Waals surface area contributed by atoms with Crippen molar-refractivity contribution < 1.29 is 14.7 Å². The number of aliphatic carboxylic acids is 1. The molecular weight excluding hydrogens is 264 g/mol. The summed E-state index contributed by atoms with van der Waals surface area (Å²) in [6.07, 6.45) is 0.972. The number of anilines is 1. The van der Waals surface area contributed by atoms with Crippen molar-refractivity contribution in [3.8, 4) is 0 Å². The smallest absolute Gasteiger partial charge is 0.303 e. The highest BCUT2D eigenvalue weighted by molar-refractivity contribution is 7.15. The first-order valence-corrected chi connectivity index (χ1v) is 7.03. The summed E-state index contributed by atoms with van der Waals surface area (Å²) in [5.41, 5.74) is 0.431. The molecule has 1 aromatic heterocycles. The summed E-state index contributed by atoms with van der Waals surface area (Å²) in [6.45, 7) is 7.53. The van der Waals surface area contributed by atoms with Crippen LogP contribution in [0.5, 0.6) is 0 Å². The van der Waals surface area contributed by atoms with Gasteiger partial charge in [-0.2, -0.15) is 0 Å². The highest BCUT2D eigenvalue weighted by atomic mass is 32.1. The molecule has 0 saturated heterocycles. The van der Waals surface area contributed by atoms with Crippen LogP contribution in [0.15, 0.2) is 0 Å². The zero-order chi connectivity index (χ0) is 14.6. The van der Waals surface area contributed by atoms with Gasteiger partial charge in [0.2, 0.25) is 5.91 Å². The Bertz CT molecular complexity index is 480. The number of rotatable bonds is 6. The topological polar surface area (TPSA) is 79.3 Å². The second-order valence-corrected chi connectivity index (χ2v) is 6.54. The van der Waals surface area contributed by atoms with Gasteiger partial charge in [-0.05, 0) is 18.8 Å². The van der Waals surface area contributed by atoms with Gasteiger partial charge in [0.25, 0.3) is 0 Å². The Kier molecular flexibility index (Phi) is 5.05. The van der Waals surface area contributed by atoms with Gasteiger partial charge in [0, 0.05) is 11.3 Å². The largest absolute Gasteiger partial charge is 0.481 e. The van der Waals surface area contributed by atoms with Crippen LogP contribution in [0.2, 0.25) is 0 Å². The third kappa shape index (κ3) is 4.98. The number of nitrogens with one attached hydrogen (secondary N) is 1. The van der Waals surface area contributed by atoms with Gasteiger partial charge in [-0.25, -0.2) is 4.98 Å². The lowest BCUT2D eigenvalue weighted by Gasteiger charge is -2.20. The molecule has 0 aliphatic carbocycles. The molecule has 1 amide bonds. The Hall–Kier alpha value is -1.43. The number of amides is 1. The van der Waals surface area contributed by atoms with Crippen molar-refractivity contribution in [1.82, 2.24) is 4.98 Å². The van der Waals surface area contributed by atoms with Gasteiger partial charge in [-0.15, -0.1) is 11.3 Å². The van der Waals surface area contributed by atoms with E-state index in [4.69, 9.17) is 5.11 Å². The van der Waals surface area contributed by atoms with E-state index in [0.29, 0.717) is 5.13 Å². The lowest BCUT2D eigenvalue weighted by molar-refractivity contribution is -0.139. The quantitative estimate of drug-likeness (QED) is 0.842. The number of carbonyl (C=O) groups excluding carboxylic acids is 1. The molecule has 1 aromatic rings. The molecule has 106 valence electrons. The van der Waals surface area contributed by atoms with Crippen LogP contribution in [-0.4, -0.2) is 22.0 Å². The third-order valence-electron chi connectivity index (χ3n) is 2.74. The molecule has 1 heterocycles. The van der Waals surface area contributed by atoms with Crippen LogP contribution in [0, 0.1) is 12.3 Å². The molecule has 5 nitrogen and oxygen atoms in total. The molecular formula is C13H20N2O3S. The summed E-state index contributed by atoms with van der Waals surface area (Å²) in [7, 11) is 0. The first-order chi connectivity index (χ1) is 8.73. The molecule has 0 aliphatic rings. The lowest BCUT2D eigenvalue weighted by atomic mass is 9.85. The monoisotopic (exact) mass is 284 g/mol. The maximum atomic E-state index is 11.9. The van der Waals surface area contributed by atoms with Gasteiger partial charge < -0.3 is 10.4 Å². The number of aromatic nitrogens is 1. The Morgan fingerprint density at radius 3 is 2.47 bits per heavy atom. The van der Waals surface area contributed by atoms with Crippen LogP contribution >= 0.6 is 11.3 Å². The summed E-state index contributed by atoms with van der Waals surface area (Å²) in [4.78, 5) is 28.0. The minimum Gasteiger partial charge on any atom is -0.481 e. The number of hydrogen-bond donors (Lipinski definition) is 2. The van der Waals surface area contributed by atoms with E-state index in [2.05, 4.69) is 10.3 Å². The van der Waals surface area contributed by atoms with Crippen LogP contribution in [0.4, 0.5) is 5.13 Å². The second-order valence-electron chi connectivity index (χ2n) is 5.34. The molecule has 0 saturated carbocycles. The minimum absolute atomic E-state index is 0.0302. The molecule has 19 heavy (non-hydrogen) atoms. The number of thiazole rings is 1. The Labute approximate surface area is 117 Å². The fourth-order valence-electron chi connectivity index (χ4n) is 1.88. The third-order valence-corrected chi connectivity index (χ3v) is 3.67. The van der Waals surface area contributed by atoms with E-state index in [-0.39, 0.29) is 18.7 Å². The van der Waals surface area contributed by atoms with E-state index >= 15 is 0 Å². The molecule has 1 rings (SSSR count). The second kappa shape index (κ2) is 6.14. The van der Waals surface area contributed by atoms with E-state index < -0.39 is 11.4 Å². The Balaban J connectivity index is 2.62. The molecule has 0 spiro atoms. The van der Waals surface area contributed by atoms with Crippen molar-refractivity contribution in [3.05, 3.63) is 10.6 Å². The van der Waals surface area contributed by atoms with Crippen molar-refractivity contribution in [2.75, 3.05) is 5.32 Å². The van der Waals surface area contributed by atoms with Crippen molar-refractivity contribution in [2.24, 2.45) is 5.41 Å². The Morgan fingerprint density at radius 2 is 2.00 bits per heavy atom. The van der Waals surface area contributed by atoms with Gasteiger partial charge in [0.15, 0.2) is 5.13 Å². The SMILES string of the molecule is CCc1nc(NC(=O)CC(C)(C)CC(=O)O)sc1C. The molecule has 0 aromatic carbocycles. The summed E-state index contributed by atoms with van der Waals surface area (Å²) in [5, 5.41) is 12.1. The summed E-state index contributed by atoms with van der Waals surface area (Å²) >= 11 is 1.45. The van der Waals surface area contributed by atoms with E-state index in [0.717, 1.165) is 17.0 Å². The zero-order valence-electron chi connectivity index (χ0n) is 11.7. The van der Waals surface area contributed by atoms with Crippen LogP contribution in [-0.2, 0) is 16.0 Å². The molecule has 0 aliphatic heterocycles. The number of carbonyl (C=O) groups is 2. The number of nitrogens with zero attached hydrogens (tertiary/aromatic N) is 1. The Morgan fingerprint density at radius 1 is 1.37 bits per heavy atom. The molecule has 0 radical (unpaired) electrons. The van der Waals surface area contributed by atoms with E-state index in [1.54, 1.807) is 13.8 Å². The number of hydrogen-bond acceptors (Lipinski definition) is 4. The average molecular weight is 284 g/mol. The van der Waals surface area contributed by atoms with E-state index in [1.165, 1.54) is 11.3 Å². The highest BCUT2D eigenvalue weighted by Crippen LogP contribution is 2.27. The standard InChI is InChI=1S/C13H20N2O3S/c1-5-9-8(2)19-12(14-9)15-10(16)6-13(3,4)7-11(17)18/h5-7H2,1-4H3,(H,17,18)(H,14,15,16). The number of carboxylic acid groups (broad SMARTS) is 1. The van der Waals surface area contributed by atoms with Crippen molar-refractivity contribution in [1.29, 1.82) is 0 Å². The van der Waals surface area contributed by atoms with Crippen LogP contribution in [0.25, 0.3) is 0 Å². The minimum atomic E-state index is -0.892. The van der Waals surface area contributed by atoms with E-state index in [1.807, 2.05) is 13.8 Å². The maximum absolute atomic E-state index is 11.9. The molecule has 0 fully saturated rings. The van der Waals surface area contributed by atoms with Gasteiger partial charge >= 0.3 is 5.97 Å². The van der Waals surface area contributed by atoms with Gasteiger partial charge in [-0.3, -0.25) is 9.59 Å². The summed E-state index contributed by atoms with van der Waals surface area (Å²) in [6, 6.07) is 0. The first-order valence-electron chi connectivity index (χ1n) is 6.21. The normalized spacial score (nSPS) is 11.4. The number of aryl methyl sites for hydroxylation is 2.